The minimum absolute atomic E-state index is 0.127. The molecule has 0 atom stereocenters. The van der Waals surface area contributed by atoms with Crippen LogP contribution in [0.2, 0.25) is 0 Å². The Labute approximate surface area is 110 Å². The highest BCUT2D eigenvalue weighted by molar-refractivity contribution is 7.96. The van der Waals surface area contributed by atoms with Crippen molar-refractivity contribution in [3.63, 3.8) is 0 Å². The molecule has 0 aromatic heterocycles. The van der Waals surface area contributed by atoms with Crippen LogP contribution in [-0.4, -0.2) is 9.98 Å². The van der Waals surface area contributed by atoms with Gasteiger partial charge in [-0.1, -0.05) is 54.7 Å². The van der Waals surface area contributed by atoms with E-state index in [1.807, 2.05) is 66.8 Å². The Balaban J connectivity index is 2.17. The van der Waals surface area contributed by atoms with Crippen LogP contribution in [0.4, 0.5) is 0 Å². The van der Waals surface area contributed by atoms with E-state index in [0.717, 1.165) is 21.6 Å². The van der Waals surface area contributed by atoms with Gasteiger partial charge >= 0.3 is 5.12 Å². The zero-order chi connectivity index (χ0) is 12.4. The van der Waals surface area contributed by atoms with Gasteiger partial charge in [-0.3, -0.25) is 0 Å². The van der Waals surface area contributed by atoms with E-state index < -0.39 is 0 Å². The van der Waals surface area contributed by atoms with E-state index in [9.17, 15) is 4.79 Å². The Morgan fingerprint density at radius 2 is 1.44 bits per heavy atom. The molecule has 0 saturated carbocycles. The summed E-state index contributed by atoms with van der Waals surface area (Å²) >= 11 is 1.31. The Bertz CT molecular complexity index is 629. The van der Waals surface area contributed by atoms with Gasteiger partial charge in [0.2, 0.25) is 4.86 Å². The molecule has 3 aliphatic rings. The number of hydrogen-bond acceptors (Lipinski definition) is 1. The molecule has 1 heterocycles. The molecule has 3 rings (SSSR count). The predicted molar refractivity (Wildman–Crippen MR) is 78.2 cm³/mol. The predicted octanol–water partition coefficient (Wildman–Crippen LogP) is 2.81. The van der Waals surface area contributed by atoms with E-state index in [4.69, 9.17) is 0 Å². The lowest BCUT2D eigenvalue weighted by Crippen LogP contribution is -2.00. The van der Waals surface area contributed by atoms with Crippen molar-refractivity contribution in [2.75, 3.05) is 0 Å². The van der Waals surface area contributed by atoms with Crippen LogP contribution < -0.4 is 0 Å². The van der Waals surface area contributed by atoms with Crippen LogP contribution in [-0.2, 0) is 16.1 Å². The highest BCUT2D eigenvalue weighted by atomic mass is 32.1. The second-order valence-corrected chi connectivity index (χ2v) is 5.03. The average molecular weight is 251 g/mol. The van der Waals surface area contributed by atoms with Crippen molar-refractivity contribution in [2.24, 2.45) is 0 Å². The minimum Gasteiger partial charge on any atom is -0.220 e. The molecular weight excluding hydrogens is 240 g/mol. The molecule has 0 fully saturated rings. The van der Waals surface area contributed by atoms with Crippen LogP contribution in [0.1, 0.15) is 0 Å². The Morgan fingerprint density at radius 1 is 0.778 bits per heavy atom. The molecule has 0 unspecified atom stereocenters. The second-order valence-electron chi connectivity index (χ2n) is 4.01. The molecule has 0 N–H and O–H groups in total. The van der Waals surface area contributed by atoms with Gasteiger partial charge in [-0.15, -0.1) is 0 Å². The van der Waals surface area contributed by atoms with Crippen LogP contribution in [0, 0.1) is 0 Å². The first-order chi connectivity index (χ1) is 8.86. The fraction of sp³-hybridized carbons (Fsp3) is 0. The minimum atomic E-state index is 0.127. The summed E-state index contributed by atoms with van der Waals surface area (Å²) in [5.74, 6) is 0. The number of carbonyl (C=O) groups excluding carboxylic acids is 1. The van der Waals surface area contributed by atoms with E-state index in [2.05, 4.69) is 0 Å². The van der Waals surface area contributed by atoms with E-state index in [0.29, 0.717) is 0 Å². The van der Waals surface area contributed by atoms with Gasteiger partial charge in [0.05, 0.1) is 5.57 Å². The fourth-order valence-electron chi connectivity index (χ4n) is 2.03. The van der Waals surface area contributed by atoms with Gasteiger partial charge in [-0.2, -0.15) is 0 Å². The molecule has 0 aromatic carbocycles. The summed E-state index contributed by atoms with van der Waals surface area (Å²) in [5.41, 5.74) is 2.81. The van der Waals surface area contributed by atoms with Crippen molar-refractivity contribution in [1.82, 2.24) is 0 Å². The Morgan fingerprint density at radius 3 is 2.22 bits per heavy atom. The summed E-state index contributed by atoms with van der Waals surface area (Å²) in [5, 5.41) is 0.127. The second kappa shape index (κ2) is 4.67. The summed E-state index contributed by atoms with van der Waals surface area (Å²) in [6.07, 6.45) is 21.7. The molecule has 0 bridgehead atoms. The maximum atomic E-state index is 12.2. The zero-order valence-corrected chi connectivity index (χ0v) is 10.5. The smallest absolute Gasteiger partial charge is 0.220 e. The Hall–Kier alpha value is -2.06. The topological polar surface area (TPSA) is 17.1 Å². The van der Waals surface area contributed by atoms with Crippen molar-refractivity contribution < 1.29 is 4.79 Å². The molecule has 18 heavy (non-hydrogen) atoms. The van der Waals surface area contributed by atoms with Gasteiger partial charge in [-0.25, -0.2) is 4.79 Å². The average Bonchev–Trinajstić information content (AvgIpc) is 2.62. The first-order valence-corrected chi connectivity index (χ1v) is 6.58. The third-order valence-electron chi connectivity index (χ3n) is 2.85. The van der Waals surface area contributed by atoms with Crippen molar-refractivity contribution in [2.45, 2.75) is 0 Å². The van der Waals surface area contributed by atoms with Crippen molar-refractivity contribution >= 4 is 21.3 Å². The fourth-order valence-corrected chi connectivity index (χ4v) is 2.99. The highest BCUT2D eigenvalue weighted by Crippen LogP contribution is 2.27. The number of fused-ring (bicyclic) bond motifs is 1. The first kappa shape index (κ1) is 11.1. The molecule has 0 aromatic rings. The summed E-state index contributed by atoms with van der Waals surface area (Å²) in [4.78, 5) is 13.2. The van der Waals surface area contributed by atoms with Crippen molar-refractivity contribution in [3.8, 4) is 0 Å². The van der Waals surface area contributed by atoms with E-state index in [1.165, 1.54) is 11.4 Å². The zero-order valence-electron chi connectivity index (χ0n) is 9.67. The van der Waals surface area contributed by atoms with Crippen LogP contribution in [0.3, 0.4) is 0 Å². The summed E-state index contributed by atoms with van der Waals surface area (Å²) in [6, 6.07) is 0. The third kappa shape index (κ3) is 1.91. The van der Waals surface area contributed by atoms with Gasteiger partial charge in [-0.05, 0) is 11.6 Å². The summed E-state index contributed by atoms with van der Waals surface area (Å²) in [7, 11) is 0. The Kier molecular flexibility index (Phi) is 2.87. The molecule has 2 aliphatic carbocycles. The number of carbonyl (C=O) groups is 1. The van der Waals surface area contributed by atoms with E-state index >= 15 is 0 Å². The standard InChI is InChI=1S/C16H11OS/c17-16-15(12-8-4-1-2-5-9-12)13-10-6-3-7-11-14(13)18-16/h1-11H/q+1. The summed E-state index contributed by atoms with van der Waals surface area (Å²) < 4.78 is 0. The largest absolute Gasteiger partial charge is 0.437 e. The van der Waals surface area contributed by atoms with E-state index in [1.54, 1.807) is 0 Å². The lowest BCUT2D eigenvalue weighted by molar-refractivity contribution is -0.107. The van der Waals surface area contributed by atoms with Gasteiger partial charge in [0.15, 0.2) is 0 Å². The third-order valence-corrected chi connectivity index (χ3v) is 3.81. The van der Waals surface area contributed by atoms with Gasteiger partial charge < -0.3 is 0 Å². The normalized spacial score (nSPS) is 20.8. The van der Waals surface area contributed by atoms with Gasteiger partial charge in [0.25, 0.3) is 11.4 Å². The molecule has 2 heteroatoms. The van der Waals surface area contributed by atoms with Gasteiger partial charge in [0.1, 0.15) is 5.57 Å². The first-order valence-electron chi connectivity index (χ1n) is 5.77. The molecule has 1 nitrogen and oxygen atoms in total. The lowest BCUT2D eigenvalue weighted by Gasteiger charge is -1.98. The quantitative estimate of drug-likeness (QED) is 0.367. The molecule has 1 aliphatic heterocycles. The van der Waals surface area contributed by atoms with Crippen LogP contribution in [0.5, 0.6) is 0 Å². The van der Waals surface area contributed by atoms with Crippen molar-refractivity contribution in [1.29, 1.82) is 0 Å². The molecule has 0 saturated heterocycles. The van der Waals surface area contributed by atoms with E-state index in [-0.39, 0.29) is 5.12 Å². The maximum Gasteiger partial charge on any atom is 0.437 e. The van der Waals surface area contributed by atoms with Gasteiger partial charge in [0, 0.05) is 6.08 Å². The highest BCUT2D eigenvalue weighted by Gasteiger charge is 2.39. The molecule has 86 valence electrons. The molecular formula is C16H11OS+. The maximum absolute atomic E-state index is 12.2. The molecule has 0 radical (unpaired) electrons. The monoisotopic (exact) mass is 251 g/mol. The number of allylic oxidation sites excluding steroid dienone is 13. The number of hydrogen-bond donors (Lipinski definition) is 0. The van der Waals surface area contributed by atoms with Crippen LogP contribution in [0.25, 0.3) is 0 Å². The van der Waals surface area contributed by atoms with Crippen LogP contribution in [0.15, 0.2) is 83.6 Å². The lowest BCUT2D eigenvalue weighted by atomic mass is 9.97. The molecule has 0 amide bonds. The summed E-state index contributed by atoms with van der Waals surface area (Å²) in [6.45, 7) is 0. The SMILES string of the molecule is O=C1[S+]=C2C=CC=CC=C2C1=C1C=CC=CC=C1. The number of rotatable bonds is 0. The van der Waals surface area contributed by atoms with Crippen LogP contribution >= 0.6 is 0 Å². The van der Waals surface area contributed by atoms with Crippen molar-refractivity contribution in [3.05, 3.63) is 83.6 Å². The molecule has 0 spiro atoms.